The highest BCUT2D eigenvalue weighted by Crippen LogP contribution is 2.33. The van der Waals surface area contributed by atoms with Gasteiger partial charge in [0.1, 0.15) is 0 Å². The van der Waals surface area contributed by atoms with E-state index in [2.05, 4.69) is 16.8 Å². The average molecular weight is 289 g/mol. The van der Waals surface area contributed by atoms with Gasteiger partial charge in [-0.15, -0.1) is 0 Å². The van der Waals surface area contributed by atoms with Crippen molar-refractivity contribution >= 4 is 34.0 Å². The second kappa shape index (κ2) is 5.89. The Kier molecular flexibility index (Phi) is 4.45. The summed E-state index contributed by atoms with van der Waals surface area (Å²) >= 11 is 7.07. The second-order valence-electron chi connectivity index (χ2n) is 4.53. The zero-order valence-corrected chi connectivity index (χ0v) is 11.9. The van der Waals surface area contributed by atoms with Crippen molar-refractivity contribution in [2.24, 2.45) is 0 Å². The number of nitrogens with zero attached hydrogens (tertiary/aromatic N) is 2. The predicted octanol–water partition coefficient (Wildman–Crippen LogP) is 3.65. The summed E-state index contributed by atoms with van der Waals surface area (Å²) in [5.41, 5.74) is 0. The second-order valence-corrected chi connectivity index (χ2v) is 5.86. The number of aromatic nitrogens is 1. The number of anilines is 1. The number of aromatic carboxylic acids is 1. The van der Waals surface area contributed by atoms with E-state index in [4.69, 9.17) is 16.7 Å². The first kappa shape index (κ1) is 13.6. The molecule has 1 aromatic heterocycles. The molecule has 1 aliphatic heterocycles. The molecular formula is C12H17ClN2O2S. The van der Waals surface area contributed by atoms with Crippen LogP contribution in [-0.4, -0.2) is 28.6 Å². The van der Waals surface area contributed by atoms with Gasteiger partial charge in [0, 0.05) is 12.6 Å². The van der Waals surface area contributed by atoms with Crippen molar-refractivity contribution in [3.8, 4) is 0 Å². The van der Waals surface area contributed by atoms with Gasteiger partial charge in [-0.1, -0.05) is 42.7 Å². The van der Waals surface area contributed by atoms with Gasteiger partial charge in [-0.2, -0.15) is 0 Å². The van der Waals surface area contributed by atoms with Crippen LogP contribution in [0.5, 0.6) is 0 Å². The van der Waals surface area contributed by atoms with Gasteiger partial charge in [-0.25, -0.2) is 9.78 Å². The van der Waals surface area contributed by atoms with Crippen LogP contribution in [-0.2, 0) is 0 Å². The van der Waals surface area contributed by atoms with Crippen LogP contribution in [0.15, 0.2) is 0 Å². The highest BCUT2D eigenvalue weighted by atomic mass is 35.5. The largest absolute Gasteiger partial charge is 0.477 e. The van der Waals surface area contributed by atoms with Crippen molar-refractivity contribution in [3.05, 3.63) is 10.0 Å². The van der Waals surface area contributed by atoms with Crippen LogP contribution in [0.1, 0.15) is 48.7 Å². The zero-order valence-electron chi connectivity index (χ0n) is 10.4. The first-order valence-corrected chi connectivity index (χ1v) is 7.49. The summed E-state index contributed by atoms with van der Waals surface area (Å²) in [5, 5.41) is 9.89. The third kappa shape index (κ3) is 2.78. The molecule has 1 N–H and O–H groups in total. The summed E-state index contributed by atoms with van der Waals surface area (Å²) in [6, 6.07) is 0.455. The Bertz CT molecular complexity index is 436. The van der Waals surface area contributed by atoms with E-state index >= 15 is 0 Å². The molecule has 2 heterocycles. The molecular weight excluding hydrogens is 272 g/mol. The number of thiazole rings is 1. The topological polar surface area (TPSA) is 53.4 Å². The van der Waals surface area contributed by atoms with E-state index in [-0.39, 0.29) is 10.0 Å². The van der Waals surface area contributed by atoms with Gasteiger partial charge in [0.25, 0.3) is 0 Å². The molecule has 0 radical (unpaired) electrons. The quantitative estimate of drug-likeness (QED) is 0.922. The van der Waals surface area contributed by atoms with E-state index < -0.39 is 5.97 Å². The Morgan fingerprint density at radius 3 is 2.94 bits per heavy atom. The fourth-order valence-corrected chi connectivity index (χ4v) is 3.62. The minimum Gasteiger partial charge on any atom is -0.477 e. The number of rotatable bonds is 3. The molecule has 0 spiro atoms. The molecule has 1 atom stereocenters. The van der Waals surface area contributed by atoms with E-state index in [0.717, 1.165) is 30.9 Å². The lowest BCUT2D eigenvalue weighted by molar-refractivity contribution is 0.0702. The third-order valence-corrected chi connectivity index (χ3v) is 4.83. The maximum atomic E-state index is 11.0. The van der Waals surface area contributed by atoms with E-state index in [1.54, 1.807) is 0 Å². The highest BCUT2D eigenvalue weighted by molar-refractivity contribution is 7.18. The van der Waals surface area contributed by atoms with E-state index in [0.29, 0.717) is 6.04 Å². The molecule has 4 nitrogen and oxygen atoms in total. The van der Waals surface area contributed by atoms with Gasteiger partial charge in [-0.3, -0.25) is 0 Å². The molecule has 1 saturated heterocycles. The Labute approximate surface area is 116 Å². The number of halogens is 1. The van der Waals surface area contributed by atoms with Crippen LogP contribution in [0.2, 0.25) is 5.15 Å². The van der Waals surface area contributed by atoms with Crippen molar-refractivity contribution in [1.29, 1.82) is 0 Å². The fraction of sp³-hybridized carbons (Fsp3) is 0.667. The maximum Gasteiger partial charge on any atom is 0.349 e. The van der Waals surface area contributed by atoms with Crippen LogP contribution in [0, 0.1) is 0 Å². The van der Waals surface area contributed by atoms with Crippen molar-refractivity contribution in [3.63, 3.8) is 0 Å². The van der Waals surface area contributed by atoms with Crippen LogP contribution < -0.4 is 4.90 Å². The molecule has 2 rings (SSSR count). The molecule has 0 aliphatic carbocycles. The van der Waals surface area contributed by atoms with Crippen LogP contribution in [0.25, 0.3) is 0 Å². The molecule has 1 fully saturated rings. The van der Waals surface area contributed by atoms with E-state index in [9.17, 15) is 4.79 Å². The summed E-state index contributed by atoms with van der Waals surface area (Å²) in [6.07, 6.45) is 5.81. The molecule has 0 saturated carbocycles. The Morgan fingerprint density at radius 2 is 2.33 bits per heavy atom. The predicted molar refractivity (Wildman–Crippen MR) is 74.0 cm³/mol. The normalized spacial score (nSPS) is 20.8. The zero-order chi connectivity index (χ0) is 13.1. The first-order chi connectivity index (χ1) is 8.63. The van der Waals surface area contributed by atoms with Crippen LogP contribution in [0.3, 0.4) is 0 Å². The van der Waals surface area contributed by atoms with E-state index in [1.807, 2.05) is 0 Å². The minimum atomic E-state index is -0.994. The van der Waals surface area contributed by atoms with E-state index in [1.165, 1.54) is 24.2 Å². The maximum absolute atomic E-state index is 11.0. The minimum absolute atomic E-state index is 0.113. The Hall–Kier alpha value is -0.810. The summed E-state index contributed by atoms with van der Waals surface area (Å²) in [6.45, 7) is 3.11. The van der Waals surface area contributed by atoms with Crippen LogP contribution in [0.4, 0.5) is 5.13 Å². The SMILES string of the molecule is CCC1CCCCCN1c1nc(Cl)c(C(=O)O)s1. The van der Waals surface area contributed by atoms with Crippen molar-refractivity contribution in [2.45, 2.75) is 45.1 Å². The number of hydrogen-bond donors (Lipinski definition) is 1. The molecule has 1 aliphatic rings. The molecule has 0 bridgehead atoms. The standard InChI is InChI=1S/C12H17ClN2O2S/c1-2-8-6-4-3-5-7-15(8)12-14-10(13)9(18-12)11(16)17/h8H,2-7H2,1H3,(H,16,17). The molecule has 0 aromatic carbocycles. The summed E-state index contributed by atoms with van der Waals surface area (Å²) in [5.74, 6) is -0.994. The lowest BCUT2D eigenvalue weighted by Gasteiger charge is -2.28. The van der Waals surface area contributed by atoms with Gasteiger partial charge in [0.15, 0.2) is 15.2 Å². The third-order valence-electron chi connectivity index (χ3n) is 3.36. The molecule has 100 valence electrons. The van der Waals surface area contributed by atoms with Crippen molar-refractivity contribution in [2.75, 3.05) is 11.4 Å². The van der Waals surface area contributed by atoms with Crippen LogP contribution >= 0.6 is 22.9 Å². The van der Waals surface area contributed by atoms with Gasteiger partial charge in [0.05, 0.1) is 0 Å². The number of hydrogen-bond acceptors (Lipinski definition) is 4. The van der Waals surface area contributed by atoms with Gasteiger partial charge < -0.3 is 10.0 Å². The monoisotopic (exact) mass is 288 g/mol. The summed E-state index contributed by atoms with van der Waals surface area (Å²) < 4.78 is 0. The van der Waals surface area contributed by atoms with Gasteiger partial charge >= 0.3 is 5.97 Å². The fourth-order valence-electron chi connectivity index (χ4n) is 2.40. The average Bonchev–Trinajstić information content (AvgIpc) is 2.59. The van der Waals surface area contributed by atoms with Gasteiger partial charge in [-0.05, 0) is 19.3 Å². The lowest BCUT2D eigenvalue weighted by Crippen LogP contribution is -2.34. The summed E-state index contributed by atoms with van der Waals surface area (Å²) in [4.78, 5) is 17.6. The molecule has 1 unspecified atom stereocenters. The molecule has 0 amide bonds. The first-order valence-electron chi connectivity index (χ1n) is 6.29. The number of carbonyl (C=O) groups is 1. The van der Waals surface area contributed by atoms with Crippen molar-refractivity contribution < 1.29 is 9.90 Å². The van der Waals surface area contributed by atoms with Crippen molar-refractivity contribution in [1.82, 2.24) is 4.98 Å². The molecule has 6 heteroatoms. The lowest BCUT2D eigenvalue weighted by atomic mass is 10.1. The smallest absolute Gasteiger partial charge is 0.349 e. The highest BCUT2D eigenvalue weighted by Gasteiger charge is 2.25. The summed E-state index contributed by atoms with van der Waals surface area (Å²) in [7, 11) is 0. The molecule has 18 heavy (non-hydrogen) atoms. The number of carboxylic acid groups (broad SMARTS) is 1. The Morgan fingerprint density at radius 1 is 1.56 bits per heavy atom. The Balaban J connectivity index is 2.27. The molecule has 1 aromatic rings. The van der Waals surface area contributed by atoms with Gasteiger partial charge in [0.2, 0.25) is 0 Å². The number of carboxylic acids is 1.